The van der Waals surface area contributed by atoms with Gasteiger partial charge in [0, 0.05) is 11.8 Å². The molecule has 0 saturated heterocycles. The van der Waals surface area contributed by atoms with Crippen molar-refractivity contribution in [3.63, 3.8) is 0 Å². The van der Waals surface area contributed by atoms with Crippen LogP contribution >= 0.6 is 0 Å². The molecule has 7 heteroatoms. The van der Waals surface area contributed by atoms with Crippen molar-refractivity contribution in [3.8, 4) is 11.5 Å². The van der Waals surface area contributed by atoms with Crippen LogP contribution in [0.3, 0.4) is 0 Å². The Hall–Kier alpha value is -3.35. The van der Waals surface area contributed by atoms with Crippen LogP contribution in [0.15, 0.2) is 47.3 Å². The standard InChI is InChI=1S/C19H18N2O5/c1-12-6-4-9-16-20-13(10-17(22)21(12)16)11-26-19(23)18-14(24-2)7-5-8-15(18)25-3/h4-10H,11H2,1-3H3. The highest BCUT2D eigenvalue weighted by Crippen LogP contribution is 2.29. The number of aromatic nitrogens is 2. The lowest BCUT2D eigenvalue weighted by Crippen LogP contribution is -2.18. The molecule has 0 spiro atoms. The first-order chi connectivity index (χ1) is 12.5. The number of hydrogen-bond acceptors (Lipinski definition) is 6. The smallest absolute Gasteiger partial charge is 0.346 e. The van der Waals surface area contributed by atoms with Crippen LogP contribution in [0.2, 0.25) is 0 Å². The summed E-state index contributed by atoms with van der Waals surface area (Å²) in [6, 6.07) is 11.7. The molecular formula is C19H18N2O5. The van der Waals surface area contributed by atoms with E-state index in [1.807, 2.05) is 19.1 Å². The third kappa shape index (κ3) is 3.23. The number of pyridine rings is 1. The Morgan fingerprint density at radius 3 is 2.38 bits per heavy atom. The Balaban J connectivity index is 1.87. The fourth-order valence-electron chi connectivity index (χ4n) is 2.70. The van der Waals surface area contributed by atoms with Gasteiger partial charge in [-0.25, -0.2) is 9.78 Å². The summed E-state index contributed by atoms with van der Waals surface area (Å²) >= 11 is 0. The lowest BCUT2D eigenvalue weighted by atomic mass is 10.2. The van der Waals surface area contributed by atoms with E-state index < -0.39 is 5.97 Å². The first-order valence-corrected chi connectivity index (χ1v) is 7.91. The SMILES string of the molecule is COc1cccc(OC)c1C(=O)OCc1cc(=O)n2c(C)cccc2n1. The summed E-state index contributed by atoms with van der Waals surface area (Å²) in [4.78, 5) is 29.1. The lowest BCUT2D eigenvalue weighted by molar-refractivity contribution is 0.0460. The monoisotopic (exact) mass is 354 g/mol. The fraction of sp³-hybridized carbons (Fsp3) is 0.211. The van der Waals surface area contributed by atoms with Crippen molar-refractivity contribution in [3.05, 3.63) is 69.8 Å². The Labute approximate surface area is 149 Å². The molecule has 0 aliphatic heterocycles. The van der Waals surface area contributed by atoms with Crippen LogP contribution in [0.5, 0.6) is 11.5 Å². The number of hydrogen-bond donors (Lipinski definition) is 0. The summed E-state index contributed by atoms with van der Waals surface area (Å²) < 4.78 is 17.2. The summed E-state index contributed by atoms with van der Waals surface area (Å²) in [5.74, 6) is 0.0681. The van der Waals surface area contributed by atoms with Gasteiger partial charge in [0.2, 0.25) is 0 Å². The average molecular weight is 354 g/mol. The minimum atomic E-state index is -0.620. The second kappa shape index (κ2) is 7.26. The Bertz CT molecular complexity index is 1000. The summed E-state index contributed by atoms with van der Waals surface area (Å²) in [6.07, 6.45) is 0. The molecule has 0 atom stereocenters. The first kappa shape index (κ1) is 17.5. The number of benzene rings is 1. The van der Waals surface area contributed by atoms with Crippen LogP contribution in [-0.4, -0.2) is 29.6 Å². The molecule has 1 aromatic carbocycles. The van der Waals surface area contributed by atoms with Crippen LogP contribution in [0.4, 0.5) is 0 Å². The maximum atomic E-state index is 12.5. The van der Waals surface area contributed by atoms with Gasteiger partial charge in [0.05, 0.1) is 19.9 Å². The number of ether oxygens (including phenoxy) is 3. The van der Waals surface area contributed by atoms with E-state index in [0.29, 0.717) is 22.8 Å². The van der Waals surface area contributed by atoms with E-state index >= 15 is 0 Å². The van der Waals surface area contributed by atoms with Crippen molar-refractivity contribution < 1.29 is 19.0 Å². The van der Waals surface area contributed by atoms with Crippen molar-refractivity contribution in [2.75, 3.05) is 14.2 Å². The predicted octanol–water partition coefficient (Wildman–Crippen LogP) is 2.38. The molecule has 0 saturated carbocycles. The van der Waals surface area contributed by atoms with Gasteiger partial charge in [-0.3, -0.25) is 9.20 Å². The lowest BCUT2D eigenvalue weighted by Gasteiger charge is -2.12. The molecule has 0 N–H and O–H groups in total. The normalized spacial score (nSPS) is 10.6. The number of carbonyl (C=O) groups is 1. The number of nitrogens with zero attached hydrogens (tertiary/aromatic N) is 2. The van der Waals surface area contributed by atoms with E-state index in [2.05, 4.69) is 4.98 Å². The highest BCUT2D eigenvalue weighted by molar-refractivity contribution is 5.95. The third-order valence-electron chi connectivity index (χ3n) is 3.92. The number of carbonyl (C=O) groups excluding carboxylic acids is 1. The molecule has 3 aromatic rings. The molecule has 7 nitrogen and oxygen atoms in total. The molecule has 0 amide bonds. The van der Waals surface area contributed by atoms with Crippen LogP contribution in [-0.2, 0) is 11.3 Å². The van der Waals surface area contributed by atoms with Crippen LogP contribution < -0.4 is 15.0 Å². The summed E-state index contributed by atoms with van der Waals surface area (Å²) in [5, 5.41) is 0. The highest BCUT2D eigenvalue weighted by Gasteiger charge is 2.20. The topological polar surface area (TPSA) is 79.1 Å². The third-order valence-corrected chi connectivity index (χ3v) is 3.92. The number of methoxy groups -OCH3 is 2. The molecule has 0 radical (unpaired) electrons. The van der Waals surface area contributed by atoms with Crippen molar-refractivity contribution >= 4 is 11.6 Å². The Kier molecular flexibility index (Phi) is 4.88. The zero-order valence-electron chi connectivity index (χ0n) is 14.7. The van der Waals surface area contributed by atoms with Crippen LogP contribution in [0.1, 0.15) is 21.7 Å². The summed E-state index contributed by atoms with van der Waals surface area (Å²) in [6.45, 7) is 1.68. The first-order valence-electron chi connectivity index (χ1n) is 7.91. The molecule has 0 unspecified atom stereocenters. The van der Waals surface area contributed by atoms with E-state index in [4.69, 9.17) is 14.2 Å². The number of fused-ring (bicyclic) bond motifs is 1. The van der Waals surface area contributed by atoms with E-state index in [-0.39, 0.29) is 17.7 Å². The zero-order valence-corrected chi connectivity index (χ0v) is 14.7. The maximum absolute atomic E-state index is 12.5. The molecule has 0 aliphatic carbocycles. The van der Waals surface area contributed by atoms with Gasteiger partial charge in [0.15, 0.2) is 0 Å². The zero-order chi connectivity index (χ0) is 18.7. The Morgan fingerprint density at radius 1 is 1.08 bits per heavy atom. The summed E-state index contributed by atoms with van der Waals surface area (Å²) in [7, 11) is 2.92. The minimum Gasteiger partial charge on any atom is -0.496 e. The maximum Gasteiger partial charge on any atom is 0.346 e. The van der Waals surface area contributed by atoms with E-state index in [9.17, 15) is 9.59 Å². The van der Waals surface area contributed by atoms with Gasteiger partial charge in [0.25, 0.3) is 5.56 Å². The molecule has 0 bridgehead atoms. The van der Waals surface area contributed by atoms with Gasteiger partial charge in [0.1, 0.15) is 29.3 Å². The van der Waals surface area contributed by atoms with Gasteiger partial charge in [-0.1, -0.05) is 12.1 Å². The molecule has 0 aliphatic rings. The van der Waals surface area contributed by atoms with E-state index in [0.717, 1.165) is 5.69 Å². The largest absolute Gasteiger partial charge is 0.496 e. The summed E-state index contributed by atoms with van der Waals surface area (Å²) in [5.41, 5.74) is 1.60. The average Bonchev–Trinajstić information content (AvgIpc) is 2.65. The molecular weight excluding hydrogens is 336 g/mol. The number of esters is 1. The van der Waals surface area contributed by atoms with E-state index in [1.165, 1.54) is 24.7 Å². The molecule has 2 aromatic heterocycles. The molecule has 0 fully saturated rings. The second-order valence-corrected chi connectivity index (χ2v) is 5.56. The fourth-order valence-corrected chi connectivity index (χ4v) is 2.70. The molecule has 26 heavy (non-hydrogen) atoms. The molecule has 2 heterocycles. The number of rotatable bonds is 5. The van der Waals surface area contributed by atoms with Crippen molar-refractivity contribution in [2.45, 2.75) is 13.5 Å². The number of aryl methyl sites for hydroxylation is 1. The van der Waals surface area contributed by atoms with Crippen molar-refractivity contribution in [2.24, 2.45) is 0 Å². The molecule has 3 rings (SSSR count). The predicted molar refractivity (Wildman–Crippen MR) is 94.9 cm³/mol. The minimum absolute atomic E-state index is 0.139. The molecule has 134 valence electrons. The van der Waals surface area contributed by atoms with E-state index in [1.54, 1.807) is 24.3 Å². The second-order valence-electron chi connectivity index (χ2n) is 5.56. The van der Waals surface area contributed by atoms with Gasteiger partial charge in [-0.05, 0) is 31.2 Å². The van der Waals surface area contributed by atoms with Crippen LogP contribution in [0.25, 0.3) is 5.65 Å². The van der Waals surface area contributed by atoms with Crippen molar-refractivity contribution in [1.82, 2.24) is 9.38 Å². The highest BCUT2D eigenvalue weighted by atomic mass is 16.5. The Morgan fingerprint density at radius 2 is 1.73 bits per heavy atom. The van der Waals surface area contributed by atoms with Gasteiger partial charge in [-0.2, -0.15) is 0 Å². The van der Waals surface area contributed by atoms with Gasteiger partial charge < -0.3 is 14.2 Å². The van der Waals surface area contributed by atoms with Crippen LogP contribution in [0, 0.1) is 6.92 Å². The quantitative estimate of drug-likeness (QED) is 0.655. The van der Waals surface area contributed by atoms with Gasteiger partial charge in [-0.15, -0.1) is 0 Å². The van der Waals surface area contributed by atoms with Crippen molar-refractivity contribution in [1.29, 1.82) is 0 Å². The van der Waals surface area contributed by atoms with Gasteiger partial charge >= 0.3 is 5.97 Å².